The third kappa shape index (κ3) is 2.68. The van der Waals surface area contributed by atoms with E-state index < -0.39 is 5.60 Å². The van der Waals surface area contributed by atoms with Crippen molar-refractivity contribution in [2.45, 2.75) is 31.4 Å². The summed E-state index contributed by atoms with van der Waals surface area (Å²) in [5.41, 5.74) is 1.20. The van der Waals surface area contributed by atoms with Crippen LogP contribution in [0.1, 0.15) is 35.2 Å². The van der Waals surface area contributed by atoms with Crippen LogP contribution >= 0.6 is 0 Å². The van der Waals surface area contributed by atoms with E-state index in [1.165, 1.54) is 0 Å². The van der Waals surface area contributed by atoms with Crippen molar-refractivity contribution in [2.24, 2.45) is 17.8 Å². The van der Waals surface area contributed by atoms with Gasteiger partial charge in [-0.1, -0.05) is 24.3 Å². The van der Waals surface area contributed by atoms with Crippen LogP contribution in [0.15, 0.2) is 48.5 Å². The Labute approximate surface area is 164 Å². The van der Waals surface area contributed by atoms with Crippen molar-refractivity contribution < 1.29 is 19.1 Å². The fourth-order valence-electron chi connectivity index (χ4n) is 5.17. The summed E-state index contributed by atoms with van der Waals surface area (Å²) in [6.45, 7) is 0.494. The van der Waals surface area contributed by atoms with Gasteiger partial charge in [-0.3, -0.25) is 9.59 Å². The highest BCUT2D eigenvalue weighted by atomic mass is 16.5. The number of para-hydroxylation sites is 1. The number of amides is 1. The van der Waals surface area contributed by atoms with E-state index in [0.29, 0.717) is 30.2 Å². The van der Waals surface area contributed by atoms with Crippen LogP contribution in [-0.4, -0.2) is 24.4 Å². The zero-order valence-electron chi connectivity index (χ0n) is 15.8. The van der Waals surface area contributed by atoms with Crippen molar-refractivity contribution in [1.29, 1.82) is 0 Å². The van der Waals surface area contributed by atoms with Crippen LogP contribution < -0.4 is 14.8 Å². The molecule has 2 fully saturated rings. The van der Waals surface area contributed by atoms with Crippen molar-refractivity contribution in [3.05, 3.63) is 59.7 Å². The SMILES string of the molecule is COc1ccc(CNC(=O)[C@@H]2[C@@H]3CC[C@]4(CC(=O)c5ccccc5O4)[C@H]32)cc1. The molecular weight excluding hydrogens is 354 g/mol. The van der Waals surface area contributed by atoms with Gasteiger partial charge in [-0.2, -0.15) is 0 Å². The molecule has 2 aromatic rings. The Hall–Kier alpha value is -2.82. The van der Waals surface area contributed by atoms with Gasteiger partial charge in [-0.25, -0.2) is 0 Å². The molecule has 5 rings (SSSR count). The van der Waals surface area contributed by atoms with Crippen LogP contribution in [-0.2, 0) is 11.3 Å². The fraction of sp³-hybridized carbons (Fsp3) is 0.391. The van der Waals surface area contributed by atoms with E-state index in [2.05, 4.69) is 5.32 Å². The number of nitrogens with one attached hydrogen (secondary N) is 1. The van der Waals surface area contributed by atoms with E-state index in [4.69, 9.17) is 9.47 Å². The number of hydrogen-bond donors (Lipinski definition) is 1. The monoisotopic (exact) mass is 377 g/mol. The van der Waals surface area contributed by atoms with Crippen molar-refractivity contribution in [2.75, 3.05) is 7.11 Å². The number of Topliss-reactive ketones (excluding diaryl/α,β-unsaturated/α-hetero) is 1. The highest BCUT2D eigenvalue weighted by molar-refractivity contribution is 6.00. The number of fused-ring (bicyclic) bond motifs is 3. The molecule has 1 amide bonds. The number of ether oxygens (including phenoxy) is 2. The zero-order valence-corrected chi connectivity index (χ0v) is 15.8. The van der Waals surface area contributed by atoms with E-state index in [-0.39, 0.29) is 23.5 Å². The number of hydrogen-bond acceptors (Lipinski definition) is 4. The van der Waals surface area contributed by atoms with Crippen molar-refractivity contribution >= 4 is 11.7 Å². The summed E-state index contributed by atoms with van der Waals surface area (Å²) < 4.78 is 11.5. The van der Waals surface area contributed by atoms with Gasteiger partial charge in [0.2, 0.25) is 5.91 Å². The van der Waals surface area contributed by atoms with Crippen molar-refractivity contribution in [1.82, 2.24) is 5.32 Å². The van der Waals surface area contributed by atoms with E-state index in [9.17, 15) is 9.59 Å². The zero-order chi connectivity index (χ0) is 19.3. The molecule has 1 heterocycles. The maximum atomic E-state index is 12.8. The van der Waals surface area contributed by atoms with Gasteiger partial charge < -0.3 is 14.8 Å². The number of carbonyl (C=O) groups excluding carboxylic acids is 2. The molecule has 1 aliphatic heterocycles. The lowest BCUT2D eigenvalue weighted by Gasteiger charge is -2.37. The summed E-state index contributed by atoms with van der Waals surface area (Å²) in [4.78, 5) is 25.5. The Bertz CT molecular complexity index is 938. The quantitative estimate of drug-likeness (QED) is 0.887. The van der Waals surface area contributed by atoms with Gasteiger partial charge in [0.25, 0.3) is 0 Å². The molecule has 4 atom stereocenters. The second-order valence-corrected chi connectivity index (χ2v) is 8.08. The van der Waals surface area contributed by atoms with Gasteiger partial charge in [-0.15, -0.1) is 0 Å². The van der Waals surface area contributed by atoms with Crippen LogP contribution in [0, 0.1) is 17.8 Å². The average molecular weight is 377 g/mol. The predicted octanol–water partition coefficient (Wildman–Crippen LogP) is 3.37. The first-order valence-electron chi connectivity index (χ1n) is 9.83. The van der Waals surface area contributed by atoms with Crippen molar-refractivity contribution in [3.63, 3.8) is 0 Å². The Morgan fingerprint density at radius 1 is 1.21 bits per heavy atom. The number of carbonyl (C=O) groups is 2. The molecule has 0 unspecified atom stereocenters. The molecule has 0 radical (unpaired) electrons. The number of methoxy groups -OCH3 is 1. The van der Waals surface area contributed by atoms with Crippen LogP contribution in [0.2, 0.25) is 0 Å². The second kappa shape index (κ2) is 6.36. The Morgan fingerprint density at radius 3 is 2.79 bits per heavy atom. The maximum Gasteiger partial charge on any atom is 0.224 e. The Morgan fingerprint density at radius 2 is 2.00 bits per heavy atom. The summed E-state index contributed by atoms with van der Waals surface area (Å²) >= 11 is 0. The molecular formula is C23H23NO4. The molecule has 28 heavy (non-hydrogen) atoms. The second-order valence-electron chi connectivity index (χ2n) is 8.08. The standard InChI is InChI=1S/C23H23NO4/c1-27-15-8-6-14(7-9-15)13-24-22(26)20-17-10-11-23(21(17)20)12-18(25)16-4-2-3-5-19(16)28-23/h2-9,17,20-21H,10-13H2,1H3,(H,24,26)/t17-,20+,21+,23-/m0/s1. The van der Waals surface area contributed by atoms with E-state index in [1.807, 2.05) is 48.5 Å². The summed E-state index contributed by atoms with van der Waals surface area (Å²) in [5, 5.41) is 3.06. The first-order valence-corrected chi connectivity index (χ1v) is 9.83. The number of rotatable bonds is 4. The van der Waals surface area contributed by atoms with Gasteiger partial charge in [0.15, 0.2) is 5.78 Å². The normalized spacial score (nSPS) is 29.6. The van der Waals surface area contributed by atoms with E-state index in [1.54, 1.807) is 7.11 Å². The van der Waals surface area contributed by atoms with Gasteiger partial charge in [0.1, 0.15) is 17.1 Å². The number of benzene rings is 2. The molecule has 1 N–H and O–H groups in total. The maximum absolute atomic E-state index is 12.8. The molecule has 0 aromatic heterocycles. The van der Waals surface area contributed by atoms with Crippen LogP contribution in [0.5, 0.6) is 11.5 Å². The molecule has 3 aliphatic rings. The average Bonchev–Trinajstić information content (AvgIpc) is 3.37. The van der Waals surface area contributed by atoms with Crippen LogP contribution in [0.4, 0.5) is 0 Å². The minimum absolute atomic E-state index is 0.0509. The topological polar surface area (TPSA) is 64.6 Å². The smallest absolute Gasteiger partial charge is 0.224 e. The molecule has 0 saturated heterocycles. The Kier molecular flexibility index (Phi) is 3.93. The fourth-order valence-corrected chi connectivity index (χ4v) is 5.17. The minimum atomic E-state index is -0.502. The summed E-state index contributed by atoms with van der Waals surface area (Å²) in [6.07, 6.45) is 2.18. The summed E-state index contributed by atoms with van der Waals surface area (Å²) in [7, 11) is 1.63. The first-order chi connectivity index (χ1) is 13.6. The van der Waals surface area contributed by atoms with Crippen LogP contribution in [0.25, 0.3) is 0 Å². The van der Waals surface area contributed by atoms with Gasteiger partial charge in [-0.05, 0) is 48.6 Å². The minimum Gasteiger partial charge on any atom is -0.497 e. The largest absolute Gasteiger partial charge is 0.497 e. The highest BCUT2D eigenvalue weighted by Gasteiger charge is 2.70. The molecule has 5 heteroatoms. The third-order valence-corrected chi connectivity index (χ3v) is 6.57. The summed E-state index contributed by atoms with van der Waals surface area (Å²) in [6, 6.07) is 15.1. The molecule has 0 bridgehead atoms. The molecule has 2 aliphatic carbocycles. The lowest BCUT2D eigenvalue weighted by Crippen LogP contribution is -2.44. The highest BCUT2D eigenvalue weighted by Crippen LogP contribution is 2.65. The lowest BCUT2D eigenvalue weighted by atomic mass is 9.84. The first kappa shape index (κ1) is 17.3. The molecule has 2 aromatic carbocycles. The number of ketones is 1. The van der Waals surface area contributed by atoms with E-state index in [0.717, 1.165) is 24.2 Å². The summed E-state index contributed by atoms with van der Waals surface area (Å²) in [5.74, 6) is 2.09. The van der Waals surface area contributed by atoms with Crippen LogP contribution in [0.3, 0.4) is 0 Å². The predicted molar refractivity (Wildman–Crippen MR) is 103 cm³/mol. The van der Waals surface area contributed by atoms with Gasteiger partial charge >= 0.3 is 0 Å². The molecule has 144 valence electrons. The van der Waals surface area contributed by atoms with Crippen molar-refractivity contribution in [3.8, 4) is 11.5 Å². The molecule has 2 saturated carbocycles. The third-order valence-electron chi connectivity index (χ3n) is 6.57. The van der Waals surface area contributed by atoms with Gasteiger partial charge in [0, 0.05) is 18.4 Å². The van der Waals surface area contributed by atoms with Gasteiger partial charge in [0.05, 0.1) is 19.1 Å². The lowest BCUT2D eigenvalue weighted by molar-refractivity contribution is -0.124. The van der Waals surface area contributed by atoms with E-state index >= 15 is 0 Å². The molecule has 1 spiro atoms. The molecule has 5 nitrogen and oxygen atoms in total. The Balaban J connectivity index is 1.27.